The van der Waals surface area contributed by atoms with Crippen LogP contribution in [0.3, 0.4) is 0 Å². The fourth-order valence-corrected chi connectivity index (χ4v) is 3.11. The first-order valence-electron chi connectivity index (χ1n) is 5.57. The lowest BCUT2D eigenvalue weighted by atomic mass is 10.2. The Balaban J connectivity index is 2.57. The molecule has 0 aliphatic heterocycles. The van der Waals surface area contributed by atoms with Crippen LogP contribution in [0.5, 0.6) is 0 Å². The van der Waals surface area contributed by atoms with Crippen molar-refractivity contribution in [3.63, 3.8) is 0 Å². The summed E-state index contributed by atoms with van der Waals surface area (Å²) in [7, 11) is 0. The van der Waals surface area contributed by atoms with Gasteiger partial charge in [0.15, 0.2) is 0 Å². The van der Waals surface area contributed by atoms with Crippen molar-refractivity contribution in [1.82, 2.24) is 4.57 Å². The lowest BCUT2D eigenvalue weighted by Gasteiger charge is -2.02. The molecule has 0 N–H and O–H groups in total. The molecule has 3 heteroatoms. The second-order valence-electron chi connectivity index (χ2n) is 4.07. The average molecular weight is 353 g/mol. The van der Waals surface area contributed by atoms with E-state index in [4.69, 9.17) is 0 Å². The highest BCUT2D eigenvalue weighted by Gasteiger charge is 2.09. The van der Waals surface area contributed by atoms with Gasteiger partial charge in [-0.15, -0.1) is 0 Å². The Hall–Kier alpha value is -0.800. The van der Waals surface area contributed by atoms with E-state index in [1.165, 1.54) is 21.8 Å². The minimum Gasteiger partial charge on any atom is -0.341 e. The Bertz CT molecular complexity index is 654. The maximum atomic E-state index is 3.55. The van der Waals surface area contributed by atoms with Crippen LogP contribution in [0.25, 0.3) is 21.8 Å². The second kappa shape index (κ2) is 4.14. The van der Waals surface area contributed by atoms with Crippen molar-refractivity contribution in [3.05, 3.63) is 45.3 Å². The number of benzene rings is 2. The molecule has 0 bridgehead atoms. The molecule has 1 nitrogen and oxygen atoms in total. The van der Waals surface area contributed by atoms with Crippen molar-refractivity contribution in [1.29, 1.82) is 0 Å². The zero-order valence-corrected chi connectivity index (χ0v) is 12.5. The van der Waals surface area contributed by atoms with Crippen molar-refractivity contribution in [2.24, 2.45) is 0 Å². The molecule has 1 aromatic heterocycles. The van der Waals surface area contributed by atoms with E-state index < -0.39 is 0 Å². The molecule has 0 unspecified atom stereocenters. The first-order valence-corrected chi connectivity index (χ1v) is 7.16. The molecule has 0 fully saturated rings. The van der Waals surface area contributed by atoms with Crippen LogP contribution in [-0.4, -0.2) is 4.57 Å². The van der Waals surface area contributed by atoms with Gasteiger partial charge in [0, 0.05) is 37.3 Å². The molecular formula is C14H11Br2N. The van der Waals surface area contributed by atoms with Gasteiger partial charge < -0.3 is 4.57 Å². The molecular weight excluding hydrogens is 342 g/mol. The van der Waals surface area contributed by atoms with Gasteiger partial charge in [-0.25, -0.2) is 0 Å². The first-order chi connectivity index (χ1) is 8.20. The van der Waals surface area contributed by atoms with Gasteiger partial charge in [0.05, 0.1) is 0 Å². The molecule has 2 aromatic carbocycles. The third kappa shape index (κ3) is 1.72. The predicted molar refractivity (Wildman–Crippen MR) is 80.5 cm³/mol. The number of rotatable bonds is 1. The standard InChI is InChI=1S/C14H11Br2N/c1-2-17-13-5-3-9(15)7-11(13)12-8-10(16)4-6-14(12)17/h3-8H,2H2,1H3. The van der Waals surface area contributed by atoms with Crippen LogP contribution in [0.15, 0.2) is 45.3 Å². The van der Waals surface area contributed by atoms with E-state index in [-0.39, 0.29) is 0 Å². The lowest BCUT2D eigenvalue weighted by molar-refractivity contribution is 0.827. The predicted octanol–water partition coefficient (Wildman–Crippen LogP) is 5.34. The molecule has 0 saturated carbocycles. The molecule has 0 saturated heterocycles. The van der Waals surface area contributed by atoms with Crippen molar-refractivity contribution < 1.29 is 0 Å². The summed E-state index contributed by atoms with van der Waals surface area (Å²) in [6.45, 7) is 3.17. The summed E-state index contributed by atoms with van der Waals surface area (Å²) in [6.07, 6.45) is 0. The Labute approximate surface area is 117 Å². The van der Waals surface area contributed by atoms with Gasteiger partial charge in [-0.05, 0) is 43.3 Å². The summed E-state index contributed by atoms with van der Waals surface area (Å²) in [5.74, 6) is 0. The number of aryl methyl sites for hydroxylation is 1. The zero-order valence-electron chi connectivity index (χ0n) is 9.37. The van der Waals surface area contributed by atoms with Gasteiger partial charge in [-0.3, -0.25) is 0 Å². The summed E-state index contributed by atoms with van der Waals surface area (Å²) in [6, 6.07) is 12.9. The highest BCUT2D eigenvalue weighted by molar-refractivity contribution is 9.10. The van der Waals surface area contributed by atoms with Gasteiger partial charge >= 0.3 is 0 Å². The van der Waals surface area contributed by atoms with Crippen molar-refractivity contribution in [2.75, 3.05) is 0 Å². The summed E-state index contributed by atoms with van der Waals surface area (Å²) in [5.41, 5.74) is 2.59. The molecule has 0 spiro atoms. The van der Waals surface area contributed by atoms with Gasteiger partial charge in [0.1, 0.15) is 0 Å². The Morgan fingerprint density at radius 2 is 1.35 bits per heavy atom. The molecule has 0 radical (unpaired) electrons. The summed E-state index contributed by atoms with van der Waals surface area (Å²) < 4.78 is 4.60. The van der Waals surface area contributed by atoms with E-state index in [0.717, 1.165) is 15.5 Å². The maximum absolute atomic E-state index is 3.55. The number of hydrogen-bond acceptors (Lipinski definition) is 0. The molecule has 3 aromatic rings. The smallest absolute Gasteiger partial charge is 0.0492 e. The first kappa shape index (κ1) is 11.3. The van der Waals surface area contributed by atoms with E-state index >= 15 is 0 Å². The molecule has 1 heterocycles. The minimum atomic E-state index is 0.989. The third-order valence-corrected chi connectivity index (χ3v) is 4.09. The molecule has 86 valence electrons. The normalized spacial score (nSPS) is 11.5. The van der Waals surface area contributed by atoms with E-state index in [2.05, 4.69) is 79.7 Å². The lowest BCUT2D eigenvalue weighted by Crippen LogP contribution is -1.92. The third-order valence-electron chi connectivity index (χ3n) is 3.11. The highest BCUT2D eigenvalue weighted by atomic mass is 79.9. The molecule has 0 aliphatic carbocycles. The second-order valence-corrected chi connectivity index (χ2v) is 5.90. The van der Waals surface area contributed by atoms with Crippen LogP contribution < -0.4 is 0 Å². The number of nitrogens with zero attached hydrogens (tertiary/aromatic N) is 1. The SMILES string of the molecule is CCn1c2ccc(Br)cc2c2cc(Br)ccc21. The fraction of sp³-hybridized carbons (Fsp3) is 0.143. The van der Waals surface area contributed by atoms with Gasteiger partial charge in [0.2, 0.25) is 0 Å². The fourth-order valence-electron chi connectivity index (χ4n) is 2.39. The summed E-state index contributed by atoms with van der Waals surface area (Å²) >= 11 is 7.09. The summed E-state index contributed by atoms with van der Waals surface area (Å²) in [4.78, 5) is 0. The minimum absolute atomic E-state index is 0.989. The zero-order chi connectivity index (χ0) is 12.0. The van der Waals surface area contributed by atoms with Crippen LogP contribution in [0.1, 0.15) is 6.92 Å². The number of aromatic nitrogens is 1. The van der Waals surface area contributed by atoms with Crippen molar-refractivity contribution in [2.45, 2.75) is 13.5 Å². The summed E-state index contributed by atoms with van der Waals surface area (Å²) in [5, 5.41) is 2.61. The topological polar surface area (TPSA) is 4.93 Å². The van der Waals surface area contributed by atoms with Gasteiger partial charge in [0.25, 0.3) is 0 Å². The van der Waals surface area contributed by atoms with Crippen LogP contribution >= 0.6 is 31.9 Å². The Morgan fingerprint density at radius 1 is 0.882 bits per heavy atom. The number of hydrogen-bond donors (Lipinski definition) is 0. The van der Waals surface area contributed by atoms with E-state index in [9.17, 15) is 0 Å². The largest absolute Gasteiger partial charge is 0.341 e. The van der Waals surface area contributed by atoms with E-state index in [0.29, 0.717) is 0 Å². The van der Waals surface area contributed by atoms with Gasteiger partial charge in [-0.1, -0.05) is 31.9 Å². The van der Waals surface area contributed by atoms with Crippen LogP contribution in [0.2, 0.25) is 0 Å². The van der Waals surface area contributed by atoms with Crippen LogP contribution in [-0.2, 0) is 6.54 Å². The Morgan fingerprint density at radius 3 is 1.76 bits per heavy atom. The van der Waals surface area contributed by atoms with Crippen LogP contribution in [0.4, 0.5) is 0 Å². The number of halogens is 2. The van der Waals surface area contributed by atoms with Crippen molar-refractivity contribution in [3.8, 4) is 0 Å². The number of fused-ring (bicyclic) bond motifs is 3. The van der Waals surface area contributed by atoms with E-state index in [1.54, 1.807) is 0 Å². The van der Waals surface area contributed by atoms with Gasteiger partial charge in [-0.2, -0.15) is 0 Å². The molecule has 0 aliphatic rings. The Kier molecular flexibility index (Phi) is 2.75. The molecule has 0 amide bonds. The van der Waals surface area contributed by atoms with Crippen molar-refractivity contribution >= 4 is 53.7 Å². The monoisotopic (exact) mass is 351 g/mol. The highest BCUT2D eigenvalue weighted by Crippen LogP contribution is 2.32. The maximum Gasteiger partial charge on any atom is 0.0492 e. The molecule has 3 rings (SSSR count). The molecule has 0 atom stereocenters. The molecule has 17 heavy (non-hydrogen) atoms. The van der Waals surface area contributed by atoms with E-state index in [1.807, 2.05) is 0 Å². The average Bonchev–Trinajstić information content (AvgIpc) is 2.62. The quantitative estimate of drug-likeness (QED) is 0.557. The van der Waals surface area contributed by atoms with Crippen LogP contribution in [0, 0.1) is 0 Å².